The van der Waals surface area contributed by atoms with Gasteiger partial charge in [0, 0.05) is 0 Å². The number of carbonyl (C=O) groups excluding carboxylic acids is 1. The predicted octanol–water partition coefficient (Wildman–Crippen LogP) is 1.80. The number of halogens is 1. The Kier molecular flexibility index (Phi) is 5.15. The SMILES string of the molecule is CC(C)(C)OC(=O)N[C@@H](Cc1nc(I)co1)C(=O)O. The van der Waals surface area contributed by atoms with E-state index >= 15 is 0 Å². The molecular weight excluding hydrogens is 367 g/mol. The number of oxazole rings is 1. The molecule has 7 nitrogen and oxygen atoms in total. The lowest BCUT2D eigenvalue weighted by Gasteiger charge is -2.21. The van der Waals surface area contributed by atoms with Crippen LogP contribution in [0.25, 0.3) is 0 Å². The van der Waals surface area contributed by atoms with E-state index in [1.54, 1.807) is 20.8 Å². The van der Waals surface area contributed by atoms with Crippen molar-refractivity contribution in [3.63, 3.8) is 0 Å². The van der Waals surface area contributed by atoms with Gasteiger partial charge in [-0.15, -0.1) is 0 Å². The van der Waals surface area contributed by atoms with Crippen LogP contribution in [0.4, 0.5) is 4.79 Å². The van der Waals surface area contributed by atoms with Gasteiger partial charge >= 0.3 is 12.1 Å². The molecule has 0 spiro atoms. The summed E-state index contributed by atoms with van der Waals surface area (Å²) < 4.78 is 10.7. The highest BCUT2D eigenvalue weighted by Crippen LogP contribution is 2.09. The zero-order valence-electron chi connectivity index (χ0n) is 10.8. The zero-order valence-corrected chi connectivity index (χ0v) is 12.9. The number of aromatic nitrogens is 1. The first-order chi connectivity index (χ1) is 8.67. The summed E-state index contributed by atoms with van der Waals surface area (Å²) in [6.07, 6.45) is 0.570. The van der Waals surface area contributed by atoms with E-state index in [9.17, 15) is 9.59 Å². The molecule has 0 aliphatic carbocycles. The largest absolute Gasteiger partial charge is 0.480 e. The third-order valence-electron chi connectivity index (χ3n) is 1.89. The quantitative estimate of drug-likeness (QED) is 0.771. The first-order valence-electron chi connectivity index (χ1n) is 5.49. The van der Waals surface area contributed by atoms with Crippen LogP contribution in [-0.4, -0.2) is 33.8 Å². The van der Waals surface area contributed by atoms with E-state index in [1.165, 1.54) is 6.26 Å². The minimum absolute atomic E-state index is 0.0441. The summed E-state index contributed by atoms with van der Waals surface area (Å²) in [6, 6.07) is -1.15. The molecule has 8 heteroatoms. The molecule has 1 aromatic rings. The fraction of sp³-hybridized carbons (Fsp3) is 0.545. The Morgan fingerprint density at radius 2 is 2.21 bits per heavy atom. The van der Waals surface area contributed by atoms with Crippen molar-refractivity contribution in [3.8, 4) is 0 Å². The summed E-state index contributed by atoms with van der Waals surface area (Å²) in [7, 11) is 0. The maximum Gasteiger partial charge on any atom is 0.408 e. The van der Waals surface area contributed by atoms with E-state index < -0.39 is 23.7 Å². The molecule has 0 bridgehead atoms. The van der Waals surface area contributed by atoms with Crippen molar-refractivity contribution < 1.29 is 23.8 Å². The highest BCUT2D eigenvalue weighted by Gasteiger charge is 2.25. The number of carbonyl (C=O) groups is 2. The number of hydrogen-bond donors (Lipinski definition) is 2. The summed E-state index contributed by atoms with van der Waals surface area (Å²) in [6.45, 7) is 5.08. The van der Waals surface area contributed by atoms with Crippen LogP contribution in [0.1, 0.15) is 26.7 Å². The number of nitrogens with zero attached hydrogens (tertiary/aromatic N) is 1. The van der Waals surface area contributed by atoms with Crippen molar-refractivity contribution in [1.29, 1.82) is 0 Å². The maximum absolute atomic E-state index is 11.5. The number of carboxylic acids is 1. The number of amides is 1. The van der Waals surface area contributed by atoms with Gasteiger partial charge in [0.1, 0.15) is 21.6 Å². The number of rotatable bonds is 4. The molecule has 0 aromatic carbocycles. The van der Waals surface area contributed by atoms with Crippen molar-refractivity contribution in [1.82, 2.24) is 10.3 Å². The standard InChI is InChI=1S/C11H15IN2O5/c1-11(2,3)19-10(17)13-6(9(15)16)4-8-14-7(12)5-18-8/h5-6H,4H2,1-3H3,(H,13,17)(H,15,16)/t6-/m0/s1. The van der Waals surface area contributed by atoms with Crippen molar-refractivity contribution >= 4 is 34.7 Å². The average molecular weight is 382 g/mol. The molecule has 1 aromatic heterocycles. The molecule has 0 radical (unpaired) electrons. The van der Waals surface area contributed by atoms with Crippen molar-refractivity contribution in [2.24, 2.45) is 0 Å². The van der Waals surface area contributed by atoms with E-state index in [1.807, 2.05) is 22.6 Å². The van der Waals surface area contributed by atoms with Crippen LogP contribution in [0, 0.1) is 3.70 Å². The Hall–Kier alpha value is -1.32. The number of ether oxygens (including phenoxy) is 1. The predicted molar refractivity (Wildman–Crippen MR) is 73.7 cm³/mol. The third-order valence-corrected chi connectivity index (χ3v) is 2.39. The molecule has 1 amide bonds. The average Bonchev–Trinajstić information content (AvgIpc) is 2.60. The van der Waals surface area contributed by atoms with Gasteiger partial charge in [-0.05, 0) is 43.4 Å². The Morgan fingerprint density at radius 3 is 2.63 bits per heavy atom. The van der Waals surface area contributed by atoms with Crippen LogP contribution in [-0.2, 0) is 16.0 Å². The van der Waals surface area contributed by atoms with E-state index in [-0.39, 0.29) is 12.3 Å². The van der Waals surface area contributed by atoms with Crippen LogP contribution < -0.4 is 5.32 Å². The van der Waals surface area contributed by atoms with Crippen molar-refractivity contribution in [2.45, 2.75) is 38.8 Å². The Morgan fingerprint density at radius 1 is 1.58 bits per heavy atom. The van der Waals surface area contributed by atoms with E-state index in [0.717, 1.165) is 0 Å². The molecule has 0 unspecified atom stereocenters. The highest BCUT2D eigenvalue weighted by atomic mass is 127. The van der Waals surface area contributed by atoms with Gasteiger partial charge in [0.25, 0.3) is 0 Å². The van der Waals surface area contributed by atoms with E-state index in [0.29, 0.717) is 3.70 Å². The molecule has 1 heterocycles. The molecule has 1 rings (SSSR count). The van der Waals surface area contributed by atoms with Crippen LogP contribution >= 0.6 is 22.6 Å². The summed E-state index contributed by atoms with van der Waals surface area (Å²) in [5.41, 5.74) is -0.689. The summed E-state index contributed by atoms with van der Waals surface area (Å²) in [5, 5.41) is 11.3. The first kappa shape index (κ1) is 15.7. The minimum Gasteiger partial charge on any atom is -0.480 e. The highest BCUT2D eigenvalue weighted by molar-refractivity contribution is 14.1. The van der Waals surface area contributed by atoms with Crippen LogP contribution in [0.2, 0.25) is 0 Å². The molecule has 0 saturated carbocycles. The minimum atomic E-state index is -1.18. The second-order valence-corrected chi connectivity index (χ2v) is 5.91. The van der Waals surface area contributed by atoms with Gasteiger partial charge in [0.2, 0.25) is 0 Å². The van der Waals surface area contributed by atoms with Gasteiger partial charge in [0.05, 0.1) is 6.42 Å². The zero-order chi connectivity index (χ0) is 14.6. The molecule has 0 fully saturated rings. The van der Waals surface area contributed by atoms with Crippen molar-refractivity contribution in [3.05, 3.63) is 15.9 Å². The number of aliphatic carboxylic acids is 1. The second-order valence-electron chi connectivity index (χ2n) is 4.81. The maximum atomic E-state index is 11.5. The Bertz CT molecular complexity index is 466. The summed E-state index contributed by atoms with van der Waals surface area (Å²) in [5.74, 6) is -0.938. The monoisotopic (exact) mass is 382 g/mol. The third kappa shape index (κ3) is 5.90. The van der Waals surface area contributed by atoms with Crippen molar-refractivity contribution in [2.75, 3.05) is 0 Å². The fourth-order valence-corrected chi connectivity index (χ4v) is 1.60. The summed E-state index contributed by atoms with van der Waals surface area (Å²) >= 11 is 1.94. The van der Waals surface area contributed by atoms with Gasteiger partial charge in [-0.3, -0.25) is 0 Å². The van der Waals surface area contributed by atoms with Gasteiger partial charge in [-0.25, -0.2) is 14.6 Å². The molecule has 19 heavy (non-hydrogen) atoms. The van der Waals surface area contributed by atoms with Gasteiger partial charge in [-0.2, -0.15) is 0 Å². The molecular formula is C11H15IN2O5. The number of hydrogen-bond acceptors (Lipinski definition) is 5. The fourth-order valence-electron chi connectivity index (χ4n) is 1.21. The second kappa shape index (κ2) is 6.22. The topological polar surface area (TPSA) is 102 Å². The molecule has 0 aliphatic heterocycles. The van der Waals surface area contributed by atoms with E-state index in [2.05, 4.69) is 10.3 Å². The molecule has 2 N–H and O–H groups in total. The molecule has 106 valence electrons. The number of carboxylic acid groups (broad SMARTS) is 1. The van der Waals surface area contributed by atoms with Crippen LogP contribution in [0.3, 0.4) is 0 Å². The smallest absolute Gasteiger partial charge is 0.408 e. The first-order valence-corrected chi connectivity index (χ1v) is 6.57. The molecule has 0 saturated heterocycles. The van der Waals surface area contributed by atoms with Gasteiger partial charge < -0.3 is 19.6 Å². The lowest BCUT2D eigenvalue weighted by atomic mass is 10.2. The van der Waals surface area contributed by atoms with Gasteiger partial charge in [-0.1, -0.05) is 0 Å². The lowest BCUT2D eigenvalue weighted by Crippen LogP contribution is -2.44. The molecule has 1 atom stereocenters. The van der Waals surface area contributed by atoms with Crippen LogP contribution in [0.15, 0.2) is 10.7 Å². The Balaban J connectivity index is 2.63. The van der Waals surface area contributed by atoms with E-state index in [4.69, 9.17) is 14.3 Å². The number of nitrogens with one attached hydrogen (secondary N) is 1. The Labute approximate surface area is 123 Å². The normalized spacial score (nSPS) is 12.8. The molecule has 0 aliphatic rings. The van der Waals surface area contributed by atoms with Gasteiger partial charge in [0.15, 0.2) is 5.89 Å². The summed E-state index contributed by atoms with van der Waals surface area (Å²) in [4.78, 5) is 26.6. The number of alkyl carbamates (subject to hydrolysis) is 1. The lowest BCUT2D eigenvalue weighted by molar-refractivity contribution is -0.139. The van der Waals surface area contributed by atoms with Crippen LogP contribution in [0.5, 0.6) is 0 Å².